The minimum atomic E-state index is -0.140. The molecule has 2 aliphatic carbocycles. The summed E-state index contributed by atoms with van der Waals surface area (Å²) < 4.78 is 6.21. The van der Waals surface area contributed by atoms with Gasteiger partial charge in [-0.25, -0.2) is 0 Å². The van der Waals surface area contributed by atoms with E-state index in [1.807, 2.05) is 6.08 Å². The average molecular weight is 238 g/mol. The van der Waals surface area contributed by atoms with Crippen molar-refractivity contribution in [1.82, 2.24) is 0 Å². The zero-order chi connectivity index (χ0) is 12.1. The van der Waals surface area contributed by atoms with Gasteiger partial charge in [-0.15, -0.1) is 6.58 Å². The van der Waals surface area contributed by atoms with E-state index in [0.717, 1.165) is 25.7 Å². The Balaban J connectivity index is 1.78. The lowest BCUT2D eigenvalue weighted by Crippen LogP contribution is -2.35. The predicted octanol–water partition coefficient (Wildman–Crippen LogP) is 3.44. The molecule has 0 radical (unpaired) electrons. The van der Waals surface area contributed by atoms with E-state index >= 15 is 0 Å². The molecule has 3 unspecified atom stereocenters. The summed E-state index contributed by atoms with van der Waals surface area (Å²) in [5.41, 5.74) is 0. The molecule has 0 bridgehead atoms. The van der Waals surface area contributed by atoms with E-state index in [1.165, 1.54) is 32.1 Å². The van der Waals surface area contributed by atoms with Crippen LogP contribution in [-0.2, 0) is 4.74 Å². The standard InChI is InChI=1S/C15H26O2/c1-2-6-12-11-14(9-10-15(12)16)17-13-7-4-3-5-8-13/h2,12-16H,1,3-11H2. The van der Waals surface area contributed by atoms with Gasteiger partial charge in [-0.1, -0.05) is 25.3 Å². The maximum absolute atomic E-state index is 9.92. The first-order valence-electron chi connectivity index (χ1n) is 7.24. The van der Waals surface area contributed by atoms with Gasteiger partial charge in [-0.2, -0.15) is 0 Å². The second-order valence-corrected chi connectivity index (χ2v) is 5.68. The molecule has 2 heteroatoms. The Kier molecular flexibility index (Phi) is 5.05. The Morgan fingerprint density at radius 2 is 1.82 bits per heavy atom. The molecule has 3 atom stereocenters. The molecule has 2 fully saturated rings. The fourth-order valence-corrected chi connectivity index (χ4v) is 3.27. The van der Waals surface area contributed by atoms with Gasteiger partial charge in [-0.3, -0.25) is 0 Å². The summed E-state index contributed by atoms with van der Waals surface area (Å²) in [6, 6.07) is 0. The van der Waals surface area contributed by atoms with Crippen LogP contribution in [0, 0.1) is 5.92 Å². The minimum Gasteiger partial charge on any atom is -0.393 e. The molecule has 0 aromatic rings. The van der Waals surface area contributed by atoms with Crippen molar-refractivity contribution in [3.05, 3.63) is 12.7 Å². The van der Waals surface area contributed by atoms with Gasteiger partial charge in [-0.05, 0) is 44.4 Å². The average Bonchev–Trinajstić information content (AvgIpc) is 2.35. The van der Waals surface area contributed by atoms with E-state index < -0.39 is 0 Å². The van der Waals surface area contributed by atoms with E-state index in [2.05, 4.69) is 6.58 Å². The van der Waals surface area contributed by atoms with Crippen LogP contribution in [-0.4, -0.2) is 23.4 Å². The molecular weight excluding hydrogens is 212 g/mol. The number of allylic oxidation sites excluding steroid dienone is 1. The highest BCUT2D eigenvalue weighted by Gasteiger charge is 2.30. The lowest BCUT2D eigenvalue weighted by molar-refractivity contribution is -0.0776. The first-order chi connectivity index (χ1) is 8.29. The smallest absolute Gasteiger partial charge is 0.0583 e. The SMILES string of the molecule is C=CCC1CC(OC2CCCCC2)CCC1O. The number of hydrogen-bond acceptors (Lipinski definition) is 2. The molecule has 0 amide bonds. The first kappa shape index (κ1) is 13.1. The topological polar surface area (TPSA) is 29.5 Å². The highest BCUT2D eigenvalue weighted by Crippen LogP contribution is 2.32. The molecule has 17 heavy (non-hydrogen) atoms. The molecule has 0 aromatic carbocycles. The summed E-state index contributed by atoms with van der Waals surface area (Å²) in [4.78, 5) is 0. The van der Waals surface area contributed by atoms with E-state index in [-0.39, 0.29) is 6.10 Å². The summed E-state index contributed by atoms with van der Waals surface area (Å²) in [5.74, 6) is 0.370. The van der Waals surface area contributed by atoms with Gasteiger partial charge in [0.25, 0.3) is 0 Å². The van der Waals surface area contributed by atoms with Crippen LogP contribution < -0.4 is 0 Å². The van der Waals surface area contributed by atoms with E-state index in [1.54, 1.807) is 0 Å². The van der Waals surface area contributed by atoms with Crippen LogP contribution in [0.3, 0.4) is 0 Å². The van der Waals surface area contributed by atoms with Gasteiger partial charge in [0, 0.05) is 0 Å². The number of ether oxygens (including phenoxy) is 1. The molecule has 0 aliphatic heterocycles. The minimum absolute atomic E-state index is 0.140. The third-order valence-electron chi connectivity index (χ3n) is 4.30. The Bertz CT molecular complexity index is 233. The second kappa shape index (κ2) is 6.55. The molecule has 2 rings (SSSR count). The fraction of sp³-hybridized carbons (Fsp3) is 0.867. The monoisotopic (exact) mass is 238 g/mol. The molecular formula is C15H26O2. The van der Waals surface area contributed by atoms with Crippen LogP contribution >= 0.6 is 0 Å². The van der Waals surface area contributed by atoms with Crippen LogP contribution in [0.4, 0.5) is 0 Å². The molecule has 0 aromatic heterocycles. The fourth-order valence-electron chi connectivity index (χ4n) is 3.27. The van der Waals surface area contributed by atoms with Crippen LogP contribution in [0.1, 0.15) is 57.8 Å². The highest BCUT2D eigenvalue weighted by molar-refractivity contribution is 4.85. The van der Waals surface area contributed by atoms with Crippen molar-refractivity contribution in [3.63, 3.8) is 0 Å². The Morgan fingerprint density at radius 3 is 2.53 bits per heavy atom. The van der Waals surface area contributed by atoms with Crippen LogP contribution in [0.25, 0.3) is 0 Å². The van der Waals surface area contributed by atoms with Gasteiger partial charge in [0.15, 0.2) is 0 Å². The predicted molar refractivity (Wildman–Crippen MR) is 69.9 cm³/mol. The molecule has 0 saturated heterocycles. The summed E-state index contributed by atoms with van der Waals surface area (Å²) in [7, 11) is 0. The van der Waals surface area contributed by atoms with Gasteiger partial charge < -0.3 is 9.84 Å². The lowest BCUT2D eigenvalue weighted by Gasteiger charge is -2.35. The second-order valence-electron chi connectivity index (χ2n) is 5.68. The third kappa shape index (κ3) is 3.82. The van der Waals surface area contributed by atoms with Crippen LogP contribution in [0.5, 0.6) is 0 Å². The van der Waals surface area contributed by atoms with E-state index in [4.69, 9.17) is 4.74 Å². The summed E-state index contributed by atoms with van der Waals surface area (Å²) in [5, 5.41) is 9.92. The van der Waals surface area contributed by atoms with Gasteiger partial charge in [0.2, 0.25) is 0 Å². The Morgan fingerprint density at radius 1 is 1.06 bits per heavy atom. The van der Waals surface area contributed by atoms with Gasteiger partial charge in [0.1, 0.15) is 0 Å². The van der Waals surface area contributed by atoms with Gasteiger partial charge >= 0.3 is 0 Å². The zero-order valence-electron chi connectivity index (χ0n) is 10.8. The number of aliphatic hydroxyl groups excluding tert-OH is 1. The number of aliphatic hydroxyl groups is 1. The van der Waals surface area contributed by atoms with Crippen molar-refractivity contribution in [1.29, 1.82) is 0 Å². The first-order valence-corrected chi connectivity index (χ1v) is 7.24. The largest absolute Gasteiger partial charge is 0.393 e. The van der Waals surface area contributed by atoms with Crippen molar-refractivity contribution >= 4 is 0 Å². The Hall–Kier alpha value is -0.340. The third-order valence-corrected chi connectivity index (χ3v) is 4.30. The quantitative estimate of drug-likeness (QED) is 0.760. The Labute approximate surface area is 105 Å². The zero-order valence-corrected chi connectivity index (χ0v) is 10.8. The van der Waals surface area contributed by atoms with Gasteiger partial charge in [0.05, 0.1) is 18.3 Å². The van der Waals surface area contributed by atoms with E-state index in [9.17, 15) is 5.11 Å². The van der Waals surface area contributed by atoms with Crippen molar-refractivity contribution in [2.24, 2.45) is 5.92 Å². The van der Waals surface area contributed by atoms with Crippen LogP contribution in [0.2, 0.25) is 0 Å². The molecule has 0 heterocycles. The molecule has 98 valence electrons. The molecule has 0 spiro atoms. The molecule has 1 N–H and O–H groups in total. The molecule has 2 aliphatic rings. The molecule has 2 nitrogen and oxygen atoms in total. The summed E-state index contributed by atoms with van der Waals surface area (Å²) in [6.45, 7) is 3.78. The lowest BCUT2D eigenvalue weighted by atomic mass is 9.82. The van der Waals surface area contributed by atoms with Crippen LogP contribution in [0.15, 0.2) is 12.7 Å². The van der Waals surface area contributed by atoms with Crippen molar-refractivity contribution in [2.75, 3.05) is 0 Å². The normalized spacial score (nSPS) is 35.7. The van der Waals surface area contributed by atoms with Crippen molar-refractivity contribution in [3.8, 4) is 0 Å². The van der Waals surface area contributed by atoms with E-state index in [0.29, 0.717) is 18.1 Å². The summed E-state index contributed by atoms with van der Waals surface area (Å²) in [6.07, 6.45) is 13.1. The maximum atomic E-state index is 9.92. The summed E-state index contributed by atoms with van der Waals surface area (Å²) >= 11 is 0. The van der Waals surface area contributed by atoms with Crippen molar-refractivity contribution in [2.45, 2.75) is 76.1 Å². The number of rotatable bonds is 4. The van der Waals surface area contributed by atoms with Crippen molar-refractivity contribution < 1.29 is 9.84 Å². The number of hydrogen-bond donors (Lipinski definition) is 1. The maximum Gasteiger partial charge on any atom is 0.0583 e. The molecule has 2 saturated carbocycles. The highest BCUT2D eigenvalue weighted by atomic mass is 16.5.